The highest BCUT2D eigenvalue weighted by molar-refractivity contribution is 6.31. The van der Waals surface area contributed by atoms with E-state index in [0.29, 0.717) is 22.5 Å². The molecule has 0 saturated heterocycles. The van der Waals surface area contributed by atoms with Crippen molar-refractivity contribution in [2.45, 2.75) is 12.8 Å². The molecular formula is C24H21ClN4O5. The van der Waals surface area contributed by atoms with Gasteiger partial charge < -0.3 is 26.2 Å². The van der Waals surface area contributed by atoms with Gasteiger partial charge in [0.15, 0.2) is 5.96 Å². The number of carbonyl (C=O) groups is 3. The van der Waals surface area contributed by atoms with Crippen molar-refractivity contribution >= 4 is 46.8 Å². The largest absolute Gasteiger partial charge is 0.481 e. The van der Waals surface area contributed by atoms with Crippen LogP contribution in [0.15, 0.2) is 66.7 Å². The Balaban J connectivity index is 1.63. The highest BCUT2D eigenvalue weighted by Crippen LogP contribution is 2.25. The van der Waals surface area contributed by atoms with Crippen LogP contribution < -0.4 is 21.1 Å². The molecule has 10 heteroatoms. The van der Waals surface area contributed by atoms with Crippen molar-refractivity contribution in [3.8, 4) is 5.75 Å². The lowest BCUT2D eigenvalue weighted by molar-refractivity contribution is -0.136. The van der Waals surface area contributed by atoms with E-state index in [1.165, 1.54) is 24.3 Å². The Hall–Kier alpha value is -4.37. The molecule has 0 aliphatic rings. The number of para-hydroxylation sites is 1. The summed E-state index contributed by atoms with van der Waals surface area (Å²) in [5.74, 6) is -1.99. The molecule has 1 amide bonds. The second-order valence-electron chi connectivity index (χ2n) is 7.21. The number of rotatable bonds is 8. The predicted molar refractivity (Wildman–Crippen MR) is 129 cm³/mol. The minimum atomic E-state index is -1.00. The van der Waals surface area contributed by atoms with E-state index >= 15 is 0 Å². The number of hydrogen-bond donors (Lipinski definition) is 5. The Kier molecular flexibility index (Phi) is 7.83. The average molecular weight is 481 g/mol. The molecule has 0 fully saturated rings. The van der Waals surface area contributed by atoms with Crippen molar-refractivity contribution < 1.29 is 24.2 Å². The molecule has 0 heterocycles. The quantitative estimate of drug-likeness (QED) is 0.142. The molecule has 0 radical (unpaired) electrons. The second kappa shape index (κ2) is 11.0. The van der Waals surface area contributed by atoms with Crippen LogP contribution in [-0.2, 0) is 22.4 Å². The van der Waals surface area contributed by atoms with E-state index in [-0.39, 0.29) is 41.0 Å². The topological polar surface area (TPSA) is 155 Å². The minimum Gasteiger partial charge on any atom is -0.481 e. The number of guanidine groups is 1. The van der Waals surface area contributed by atoms with Crippen LogP contribution >= 0.6 is 11.6 Å². The third-order valence-electron chi connectivity index (χ3n) is 4.62. The van der Waals surface area contributed by atoms with Crippen molar-refractivity contribution in [1.29, 1.82) is 5.41 Å². The van der Waals surface area contributed by atoms with Gasteiger partial charge in [0, 0.05) is 16.4 Å². The first-order valence-electron chi connectivity index (χ1n) is 10.0. The maximum absolute atomic E-state index is 12.5. The van der Waals surface area contributed by atoms with Crippen molar-refractivity contribution in [2.24, 2.45) is 5.73 Å². The zero-order valence-electron chi connectivity index (χ0n) is 17.8. The summed E-state index contributed by atoms with van der Waals surface area (Å²) in [4.78, 5) is 35.9. The van der Waals surface area contributed by atoms with E-state index in [9.17, 15) is 14.4 Å². The monoisotopic (exact) mass is 480 g/mol. The lowest BCUT2D eigenvalue weighted by atomic mass is 10.1. The molecular weight excluding hydrogens is 460 g/mol. The molecule has 174 valence electrons. The first-order chi connectivity index (χ1) is 16.2. The molecule has 3 aromatic rings. The summed E-state index contributed by atoms with van der Waals surface area (Å²) in [6.07, 6.45) is -0.272. The van der Waals surface area contributed by atoms with Gasteiger partial charge in [0.25, 0.3) is 0 Å². The number of hydrogen-bond acceptors (Lipinski definition) is 5. The number of aliphatic carboxylic acids is 1. The molecule has 0 saturated carbocycles. The molecule has 0 aliphatic carbocycles. The van der Waals surface area contributed by atoms with Gasteiger partial charge in [0.05, 0.1) is 18.4 Å². The lowest BCUT2D eigenvalue weighted by Crippen LogP contribution is -2.20. The van der Waals surface area contributed by atoms with Crippen molar-refractivity contribution in [3.05, 3.63) is 88.4 Å². The zero-order chi connectivity index (χ0) is 24.7. The summed E-state index contributed by atoms with van der Waals surface area (Å²) >= 11 is 6.29. The molecule has 3 rings (SSSR count). The van der Waals surface area contributed by atoms with E-state index in [1.807, 2.05) is 0 Å². The van der Waals surface area contributed by atoms with E-state index < -0.39 is 11.9 Å². The maximum atomic E-state index is 12.5. The van der Waals surface area contributed by atoms with Crippen LogP contribution in [0.25, 0.3) is 0 Å². The molecule has 0 aliphatic heterocycles. The van der Waals surface area contributed by atoms with E-state index in [2.05, 4.69) is 10.6 Å². The van der Waals surface area contributed by atoms with Gasteiger partial charge in [-0.2, -0.15) is 0 Å². The number of amides is 1. The van der Waals surface area contributed by atoms with Gasteiger partial charge in [0.2, 0.25) is 5.91 Å². The first-order valence-corrected chi connectivity index (χ1v) is 10.4. The molecule has 0 unspecified atom stereocenters. The molecule has 0 aromatic heterocycles. The zero-order valence-corrected chi connectivity index (χ0v) is 18.6. The van der Waals surface area contributed by atoms with Gasteiger partial charge in [-0.25, -0.2) is 4.79 Å². The number of nitrogens with two attached hydrogens (primary N) is 1. The lowest BCUT2D eigenvalue weighted by Gasteiger charge is -2.11. The molecule has 0 atom stereocenters. The Bertz CT molecular complexity index is 1240. The van der Waals surface area contributed by atoms with Crippen LogP contribution in [0.5, 0.6) is 5.75 Å². The summed E-state index contributed by atoms with van der Waals surface area (Å²) in [7, 11) is 0. The van der Waals surface area contributed by atoms with E-state index in [1.54, 1.807) is 42.5 Å². The van der Waals surface area contributed by atoms with Crippen LogP contribution in [0, 0.1) is 5.41 Å². The molecule has 9 nitrogen and oxygen atoms in total. The number of anilines is 2. The molecule has 0 spiro atoms. The number of nitrogens with one attached hydrogen (secondary N) is 3. The summed E-state index contributed by atoms with van der Waals surface area (Å²) in [6, 6.07) is 17.4. The summed E-state index contributed by atoms with van der Waals surface area (Å²) in [5.41, 5.74) is 7.52. The molecule has 3 aromatic carbocycles. The standard InChI is InChI=1S/C24H21ClN4O5/c25-19-13-18(34-23(33)14-5-8-17(9-6-14)28-24(26)27)10-7-15(19)11-21(30)29-20-4-2-1-3-16(20)12-22(31)32/h1-10,13H,11-12H2,(H,29,30)(H,31,32)(H4,26,27,28). The Morgan fingerprint density at radius 1 is 0.941 bits per heavy atom. The summed E-state index contributed by atoms with van der Waals surface area (Å²) in [6.45, 7) is 0. The van der Waals surface area contributed by atoms with E-state index in [4.69, 9.17) is 32.6 Å². The summed E-state index contributed by atoms with van der Waals surface area (Å²) in [5, 5.41) is 21.8. The van der Waals surface area contributed by atoms with Crippen molar-refractivity contribution in [1.82, 2.24) is 0 Å². The van der Waals surface area contributed by atoms with Gasteiger partial charge in [0.1, 0.15) is 5.75 Å². The van der Waals surface area contributed by atoms with Crippen molar-refractivity contribution in [3.63, 3.8) is 0 Å². The third-order valence-corrected chi connectivity index (χ3v) is 4.97. The number of carboxylic acids is 1. The fourth-order valence-corrected chi connectivity index (χ4v) is 3.31. The van der Waals surface area contributed by atoms with Gasteiger partial charge >= 0.3 is 11.9 Å². The van der Waals surface area contributed by atoms with Crippen LogP contribution in [-0.4, -0.2) is 28.9 Å². The molecule has 6 N–H and O–H groups in total. The maximum Gasteiger partial charge on any atom is 0.343 e. The number of carboxylic acid groups (broad SMARTS) is 1. The average Bonchev–Trinajstić information content (AvgIpc) is 2.77. The highest BCUT2D eigenvalue weighted by Gasteiger charge is 2.14. The Morgan fingerprint density at radius 2 is 1.65 bits per heavy atom. The Morgan fingerprint density at radius 3 is 2.29 bits per heavy atom. The number of carbonyl (C=O) groups excluding carboxylic acids is 2. The van der Waals surface area contributed by atoms with Crippen molar-refractivity contribution in [2.75, 3.05) is 10.6 Å². The van der Waals surface area contributed by atoms with Gasteiger partial charge in [-0.05, 0) is 53.6 Å². The highest BCUT2D eigenvalue weighted by atomic mass is 35.5. The minimum absolute atomic E-state index is 0.0565. The fourth-order valence-electron chi connectivity index (χ4n) is 3.07. The molecule has 34 heavy (non-hydrogen) atoms. The number of ether oxygens (including phenoxy) is 1. The normalized spacial score (nSPS) is 10.3. The van der Waals surface area contributed by atoms with Gasteiger partial charge in [-0.15, -0.1) is 0 Å². The van der Waals surface area contributed by atoms with Gasteiger partial charge in [-0.3, -0.25) is 15.0 Å². The number of benzene rings is 3. The summed E-state index contributed by atoms with van der Waals surface area (Å²) < 4.78 is 5.34. The predicted octanol–water partition coefficient (Wildman–Crippen LogP) is 3.67. The van der Waals surface area contributed by atoms with Crippen LogP contribution in [0.3, 0.4) is 0 Å². The Labute approximate surface area is 200 Å². The number of halogens is 1. The van der Waals surface area contributed by atoms with Crippen LogP contribution in [0.1, 0.15) is 21.5 Å². The SMILES string of the molecule is N=C(N)Nc1ccc(C(=O)Oc2ccc(CC(=O)Nc3ccccc3CC(=O)O)c(Cl)c2)cc1. The number of esters is 1. The third kappa shape index (κ3) is 6.81. The van der Waals surface area contributed by atoms with Crippen LogP contribution in [0.4, 0.5) is 11.4 Å². The molecule has 0 bridgehead atoms. The fraction of sp³-hybridized carbons (Fsp3) is 0.0833. The van der Waals surface area contributed by atoms with Crippen LogP contribution in [0.2, 0.25) is 5.02 Å². The second-order valence-corrected chi connectivity index (χ2v) is 7.62. The van der Waals surface area contributed by atoms with Gasteiger partial charge in [-0.1, -0.05) is 35.9 Å². The van der Waals surface area contributed by atoms with E-state index in [0.717, 1.165) is 0 Å². The smallest absolute Gasteiger partial charge is 0.343 e. The first kappa shape index (κ1) is 24.3.